The molecule has 0 radical (unpaired) electrons. The normalized spacial score (nSPS) is 10.7. The smallest absolute Gasteiger partial charge is 0.280 e. The minimum atomic E-state index is 0.268. The second-order valence-corrected chi connectivity index (χ2v) is 4.26. The molecule has 2 aromatic heterocycles. The van der Waals surface area contributed by atoms with Crippen LogP contribution < -0.4 is 5.73 Å². The topological polar surface area (TPSA) is 90.7 Å². The van der Waals surface area contributed by atoms with E-state index in [1.807, 2.05) is 24.3 Å². The van der Waals surface area contributed by atoms with Crippen LogP contribution in [0.5, 0.6) is 0 Å². The monoisotopic (exact) mass is 267 g/mol. The molecule has 3 rings (SSSR count). The minimum absolute atomic E-state index is 0.268. The van der Waals surface area contributed by atoms with Gasteiger partial charge in [-0.15, -0.1) is 0 Å². The molecule has 0 bridgehead atoms. The summed E-state index contributed by atoms with van der Waals surface area (Å²) in [6.45, 7) is 2.11. The Balaban J connectivity index is 1.95. The summed E-state index contributed by atoms with van der Waals surface area (Å²) in [6, 6.07) is 8.02. The van der Waals surface area contributed by atoms with Gasteiger partial charge in [0.05, 0.1) is 0 Å². The van der Waals surface area contributed by atoms with E-state index in [-0.39, 0.29) is 11.7 Å². The molecule has 100 valence electrons. The van der Waals surface area contributed by atoms with Crippen LogP contribution in [-0.2, 0) is 6.42 Å². The summed E-state index contributed by atoms with van der Waals surface area (Å²) in [4.78, 5) is 12.4. The van der Waals surface area contributed by atoms with Gasteiger partial charge in [0.15, 0.2) is 11.5 Å². The summed E-state index contributed by atoms with van der Waals surface area (Å²) >= 11 is 0. The lowest BCUT2D eigenvalue weighted by molar-refractivity contribution is 0.431. The zero-order valence-corrected chi connectivity index (χ0v) is 10.9. The summed E-state index contributed by atoms with van der Waals surface area (Å²) in [7, 11) is 0. The molecule has 0 saturated carbocycles. The van der Waals surface area contributed by atoms with Gasteiger partial charge in [0.2, 0.25) is 5.82 Å². The van der Waals surface area contributed by atoms with Gasteiger partial charge >= 0.3 is 0 Å². The highest BCUT2D eigenvalue weighted by atomic mass is 16.5. The highest BCUT2D eigenvalue weighted by molar-refractivity contribution is 5.64. The number of aromatic nitrogens is 4. The van der Waals surface area contributed by atoms with Crippen LogP contribution in [0.4, 0.5) is 5.82 Å². The van der Waals surface area contributed by atoms with Crippen LogP contribution in [0.1, 0.15) is 12.5 Å². The first kappa shape index (κ1) is 12.3. The molecule has 0 spiro atoms. The molecule has 0 amide bonds. The van der Waals surface area contributed by atoms with Gasteiger partial charge in [-0.25, -0.2) is 9.97 Å². The summed E-state index contributed by atoms with van der Waals surface area (Å²) in [5.74, 6) is 1.04. The number of benzene rings is 1. The summed E-state index contributed by atoms with van der Waals surface area (Å²) in [5, 5.41) is 3.95. The Kier molecular flexibility index (Phi) is 3.12. The number of nitrogens with two attached hydrogens (primary N) is 1. The van der Waals surface area contributed by atoms with Crippen molar-refractivity contribution in [2.24, 2.45) is 0 Å². The molecule has 0 aliphatic heterocycles. The number of aryl methyl sites for hydroxylation is 1. The predicted molar refractivity (Wildman–Crippen MR) is 74.6 cm³/mol. The SMILES string of the molecule is CCc1ccc(-c2noc(-c3nccnc3N)n2)cc1. The Morgan fingerprint density at radius 3 is 2.55 bits per heavy atom. The molecule has 2 heterocycles. The van der Waals surface area contributed by atoms with Crippen LogP contribution in [0.3, 0.4) is 0 Å². The van der Waals surface area contributed by atoms with Crippen molar-refractivity contribution in [1.82, 2.24) is 20.1 Å². The quantitative estimate of drug-likeness (QED) is 0.783. The maximum atomic E-state index is 5.74. The lowest BCUT2D eigenvalue weighted by atomic mass is 10.1. The van der Waals surface area contributed by atoms with Crippen molar-refractivity contribution in [3.63, 3.8) is 0 Å². The molecule has 6 heteroatoms. The van der Waals surface area contributed by atoms with E-state index in [1.165, 1.54) is 18.0 Å². The predicted octanol–water partition coefficient (Wildman–Crippen LogP) is 2.34. The molecular formula is C14H13N5O. The third-order valence-corrected chi connectivity index (χ3v) is 2.98. The standard InChI is InChI=1S/C14H13N5O/c1-2-9-3-5-10(6-4-9)13-18-14(20-19-13)11-12(15)17-8-7-16-11/h3-8H,2H2,1H3,(H2,15,17). The fraction of sp³-hybridized carbons (Fsp3) is 0.143. The van der Waals surface area contributed by atoms with Crippen LogP contribution >= 0.6 is 0 Å². The van der Waals surface area contributed by atoms with Crippen LogP contribution in [0.15, 0.2) is 41.2 Å². The maximum absolute atomic E-state index is 5.74. The van der Waals surface area contributed by atoms with Crippen molar-refractivity contribution in [2.45, 2.75) is 13.3 Å². The Hall–Kier alpha value is -2.76. The van der Waals surface area contributed by atoms with Gasteiger partial charge in [0.25, 0.3) is 5.89 Å². The van der Waals surface area contributed by atoms with Crippen molar-refractivity contribution < 1.29 is 4.52 Å². The average molecular weight is 267 g/mol. The average Bonchev–Trinajstić information content (AvgIpc) is 2.97. The zero-order chi connectivity index (χ0) is 13.9. The Bertz CT molecular complexity index is 720. The van der Waals surface area contributed by atoms with Gasteiger partial charge in [0.1, 0.15) is 0 Å². The molecule has 0 unspecified atom stereocenters. The molecule has 0 aliphatic rings. The van der Waals surface area contributed by atoms with Gasteiger partial charge in [-0.1, -0.05) is 36.3 Å². The van der Waals surface area contributed by atoms with Crippen LogP contribution in [0.2, 0.25) is 0 Å². The highest BCUT2D eigenvalue weighted by Crippen LogP contribution is 2.23. The van der Waals surface area contributed by atoms with E-state index in [2.05, 4.69) is 27.0 Å². The first-order chi connectivity index (χ1) is 9.78. The van der Waals surface area contributed by atoms with E-state index >= 15 is 0 Å². The molecule has 6 nitrogen and oxygen atoms in total. The van der Waals surface area contributed by atoms with Crippen molar-refractivity contribution in [3.05, 3.63) is 42.2 Å². The molecule has 20 heavy (non-hydrogen) atoms. The van der Waals surface area contributed by atoms with E-state index in [1.54, 1.807) is 0 Å². The van der Waals surface area contributed by atoms with Crippen molar-refractivity contribution in [1.29, 1.82) is 0 Å². The second kappa shape index (κ2) is 5.08. The number of hydrogen-bond donors (Lipinski definition) is 1. The maximum Gasteiger partial charge on any atom is 0.280 e. The van der Waals surface area contributed by atoms with Gasteiger partial charge in [-0.05, 0) is 12.0 Å². The number of rotatable bonds is 3. The number of nitrogen functional groups attached to an aromatic ring is 1. The highest BCUT2D eigenvalue weighted by Gasteiger charge is 2.14. The van der Waals surface area contributed by atoms with Gasteiger partial charge in [0, 0.05) is 18.0 Å². The second-order valence-electron chi connectivity index (χ2n) is 4.26. The van der Waals surface area contributed by atoms with Crippen LogP contribution in [-0.4, -0.2) is 20.1 Å². The molecule has 0 saturated heterocycles. The molecule has 3 aromatic rings. The number of anilines is 1. The summed E-state index contributed by atoms with van der Waals surface area (Å²) < 4.78 is 5.20. The van der Waals surface area contributed by atoms with Crippen molar-refractivity contribution >= 4 is 5.82 Å². The van der Waals surface area contributed by atoms with Crippen LogP contribution in [0, 0.1) is 0 Å². The van der Waals surface area contributed by atoms with Gasteiger partial charge in [-0.3, -0.25) is 0 Å². The third-order valence-electron chi connectivity index (χ3n) is 2.98. The number of hydrogen-bond acceptors (Lipinski definition) is 6. The first-order valence-electron chi connectivity index (χ1n) is 6.28. The molecule has 0 aliphatic carbocycles. The molecule has 2 N–H and O–H groups in total. The van der Waals surface area contributed by atoms with E-state index < -0.39 is 0 Å². The zero-order valence-electron chi connectivity index (χ0n) is 10.9. The third kappa shape index (κ3) is 2.23. The number of nitrogens with zero attached hydrogens (tertiary/aromatic N) is 4. The summed E-state index contributed by atoms with van der Waals surface area (Å²) in [6.07, 6.45) is 4.04. The summed E-state index contributed by atoms with van der Waals surface area (Å²) in [5.41, 5.74) is 8.28. The molecule has 0 atom stereocenters. The Labute approximate surface area is 115 Å². The fourth-order valence-electron chi connectivity index (χ4n) is 1.84. The lowest BCUT2D eigenvalue weighted by Crippen LogP contribution is -1.96. The molecule has 0 fully saturated rings. The van der Waals surface area contributed by atoms with Crippen molar-refractivity contribution in [3.8, 4) is 23.0 Å². The Morgan fingerprint density at radius 2 is 1.85 bits per heavy atom. The van der Waals surface area contributed by atoms with Gasteiger partial charge < -0.3 is 10.3 Å². The van der Waals surface area contributed by atoms with Crippen LogP contribution in [0.25, 0.3) is 23.0 Å². The largest absolute Gasteiger partial charge is 0.382 e. The molecule has 1 aromatic carbocycles. The van der Waals surface area contributed by atoms with E-state index in [0.29, 0.717) is 11.5 Å². The Morgan fingerprint density at radius 1 is 1.10 bits per heavy atom. The van der Waals surface area contributed by atoms with Crippen molar-refractivity contribution in [2.75, 3.05) is 5.73 Å². The fourth-order valence-corrected chi connectivity index (χ4v) is 1.84. The van der Waals surface area contributed by atoms with E-state index in [9.17, 15) is 0 Å². The minimum Gasteiger partial charge on any atom is -0.382 e. The van der Waals surface area contributed by atoms with E-state index in [0.717, 1.165) is 12.0 Å². The molecular weight excluding hydrogens is 254 g/mol. The van der Waals surface area contributed by atoms with Gasteiger partial charge in [-0.2, -0.15) is 4.98 Å². The first-order valence-corrected chi connectivity index (χ1v) is 6.28. The van der Waals surface area contributed by atoms with E-state index in [4.69, 9.17) is 10.3 Å². The lowest BCUT2D eigenvalue weighted by Gasteiger charge is -1.97.